The number of nitriles is 1. The number of hydrogen-bond acceptors (Lipinski definition) is 5. The molecule has 2 aromatic carbocycles. The molecule has 0 bridgehead atoms. The standard InChI is InChI=1S/C20H21NO4/c1-4-24-18-9-7-15(12-20(18)25-5-2)16(13-21)10-14-6-8-17(22)19(11-14)23-3/h6-12,22H,4-5H2,1-3H3/b16-10-. The van der Waals surface area contributed by atoms with Gasteiger partial charge in [0.25, 0.3) is 0 Å². The summed E-state index contributed by atoms with van der Waals surface area (Å²) in [6.07, 6.45) is 1.73. The summed E-state index contributed by atoms with van der Waals surface area (Å²) >= 11 is 0. The second kappa shape index (κ2) is 8.65. The molecule has 0 aromatic heterocycles. The van der Waals surface area contributed by atoms with Crippen molar-refractivity contribution in [3.8, 4) is 29.1 Å². The van der Waals surface area contributed by atoms with Crippen LogP contribution in [0.3, 0.4) is 0 Å². The highest BCUT2D eigenvalue weighted by molar-refractivity contribution is 5.90. The van der Waals surface area contributed by atoms with E-state index in [1.807, 2.05) is 19.9 Å². The molecule has 0 unspecified atom stereocenters. The quantitative estimate of drug-likeness (QED) is 0.603. The van der Waals surface area contributed by atoms with Crippen molar-refractivity contribution < 1.29 is 19.3 Å². The number of rotatable bonds is 7. The number of phenols is 1. The molecule has 130 valence electrons. The molecule has 2 aromatic rings. The minimum Gasteiger partial charge on any atom is -0.504 e. The van der Waals surface area contributed by atoms with Crippen molar-refractivity contribution in [2.45, 2.75) is 13.8 Å². The van der Waals surface area contributed by atoms with Gasteiger partial charge in [-0.3, -0.25) is 0 Å². The average Bonchev–Trinajstić information content (AvgIpc) is 2.63. The topological polar surface area (TPSA) is 71.7 Å². The summed E-state index contributed by atoms with van der Waals surface area (Å²) in [5.41, 5.74) is 1.94. The smallest absolute Gasteiger partial charge is 0.161 e. The van der Waals surface area contributed by atoms with E-state index in [0.29, 0.717) is 36.0 Å². The third kappa shape index (κ3) is 4.45. The number of methoxy groups -OCH3 is 1. The van der Waals surface area contributed by atoms with Crippen molar-refractivity contribution in [1.29, 1.82) is 5.26 Å². The molecular formula is C20H21NO4. The Morgan fingerprint density at radius 1 is 1.04 bits per heavy atom. The summed E-state index contributed by atoms with van der Waals surface area (Å²) < 4.78 is 16.3. The molecule has 0 heterocycles. The summed E-state index contributed by atoms with van der Waals surface area (Å²) in [6.45, 7) is 4.84. The van der Waals surface area contributed by atoms with Gasteiger partial charge in [0.2, 0.25) is 0 Å². The van der Waals surface area contributed by atoms with Gasteiger partial charge in [-0.05, 0) is 61.4 Å². The van der Waals surface area contributed by atoms with Crippen LogP contribution < -0.4 is 14.2 Å². The van der Waals surface area contributed by atoms with Crippen LogP contribution in [0.4, 0.5) is 0 Å². The summed E-state index contributed by atoms with van der Waals surface area (Å²) in [6, 6.07) is 12.5. The van der Waals surface area contributed by atoms with E-state index in [9.17, 15) is 10.4 Å². The van der Waals surface area contributed by atoms with Crippen molar-refractivity contribution in [1.82, 2.24) is 0 Å². The molecule has 0 saturated heterocycles. The minimum atomic E-state index is 0.0536. The molecular weight excluding hydrogens is 318 g/mol. The number of aromatic hydroxyl groups is 1. The van der Waals surface area contributed by atoms with E-state index in [4.69, 9.17) is 14.2 Å². The highest BCUT2D eigenvalue weighted by Crippen LogP contribution is 2.32. The van der Waals surface area contributed by atoms with Crippen LogP contribution in [0.1, 0.15) is 25.0 Å². The lowest BCUT2D eigenvalue weighted by molar-refractivity contribution is 0.287. The molecule has 2 rings (SSSR count). The fourth-order valence-corrected chi connectivity index (χ4v) is 2.35. The number of benzene rings is 2. The summed E-state index contributed by atoms with van der Waals surface area (Å²) in [4.78, 5) is 0. The molecule has 0 amide bonds. The molecule has 0 saturated carbocycles. The Kier molecular flexibility index (Phi) is 6.30. The molecule has 0 radical (unpaired) electrons. The van der Waals surface area contributed by atoms with Crippen molar-refractivity contribution in [2.24, 2.45) is 0 Å². The first kappa shape index (κ1) is 18.2. The van der Waals surface area contributed by atoms with Crippen LogP contribution in [0.15, 0.2) is 36.4 Å². The van der Waals surface area contributed by atoms with Crippen molar-refractivity contribution in [3.63, 3.8) is 0 Å². The molecule has 0 aliphatic heterocycles. The third-order valence-corrected chi connectivity index (χ3v) is 3.49. The van der Waals surface area contributed by atoms with Gasteiger partial charge < -0.3 is 19.3 Å². The van der Waals surface area contributed by atoms with Gasteiger partial charge in [0.15, 0.2) is 23.0 Å². The first-order valence-corrected chi connectivity index (χ1v) is 8.01. The van der Waals surface area contributed by atoms with Crippen LogP contribution in [0.5, 0.6) is 23.0 Å². The van der Waals surface area contributed by atoms with Crippen LogP contribution >= 0.6 is 0 Å². The summed E-state index contributed by atoms with van der Waals surface area (Å²) in [5.74, 6) is 1.66. The van der Waals surface area contributed by atoms with E-state index in [1.54, 1.807) is 30.3 Å². The third-order valence-electron chi connectivity index (χ3n) is 3.49. The van der Waals surface area contributed by atoms with Gasteiger partial charge in [-0.2, -0.15) is 5.26 Å². The van der Waals surface area contributed by atoms with Gasteiger partial charge in [-0.15, -0.1) is 0 Å². The largest absolute Gasteiger partial charge is 0.504 e. The van der Waals surface area contributed by atoms with Crippen LogP contribution in [-0.2, 0) is 0 Å². The van der Waals surface area contributed by atoms with E-state index in [1.165, 1.54) is 13.2 Å². The Labute approximate surface area is 147 Å². The first-order chi connectivity index (χ1) is 12.1. The van der Waals surface area contributed by atoms with Crippen LogP contribution in [0.2, 0.25) is 0 Å². The number of hydrogen-bond donors (Lipinski definition) is 1. The highest BCUT2D eigenvalue weighted by Gasteiger charge is 2.10. The summed E-state index contributed by atoms with van der Waals surface area (Å²) in [5, 5.41) is 19.2. The lowest BCUT2D eigenvalue weighted by Crippen LogP contribution is -1.99. The Bertz CT molecular complexity index is 806. The number of nitrogens with zero attached hydrogens (tertiary/aromatic N) is 1. The van der Waals surface area contributed by atoms with Gasteiger partial charge in [-0.25, -0.2) is 0 Å². The fourth-order valence-electron chi connectivity index (χ4n) is 2.35. The van der Waals surface area contributed by atoms with E-state index in [0.717, 1.165) is 11.1 Å². The Morgan fingerprint density at radius 2 is 1.76 bits per heavy atom. The maximum atomic E-state index is 9.68. The van der Waals surface area contributed by atoms with Crippen LogP contribution in [0, 0.1) is 11.3 Å². The highest BCUT2D eigenvalue weighted by atomic mass is 16.5. The van der Waals surface area contributed by atoms with Gasteiger partial charge in [-0.1, -0.05) is 6.07 Å². The number of phenolic OH excluding ortho intramolecular Hbond substituents is 1. The predicted molar refractivity (Wildman–Crippen MR) is 96.9 cm³/mol. The molecule has 5 heteroatoms. The fraction of sp³-hybridized carbons (Fsp3) is 0.250. The average molecular weight is 339 g/mol. The van der Waals surface area contributed by atoms with E-state index in [2.05, 4.69) is 6.07 Å². The minimum absolute atomic E-state index is 0.0536. The molecule has 0 atom stereocenters. The van der Waals surface area contributed by atoms with Crippen LogP contribution in [0.25, 0.3) is 11.6 Å². The number of ether oxygens (including phenoxy) is 3. The molecule has 0 spiro atoms. The van der Waals surface area contributed by atoms with Gasteiger partial charge in [0, 0.05) is 0 Å². The first-order valence-electron chi connectivity index (χ1n) is 8.01. The van der Waals surface area contributed by atoms with E-state index < -0.39 is 0 Å². The van der Waals surface area contributed by atoms with Crippen molar-refractivity contribution in [2.75, 3.05) is 20.3 Å². The maximum Gasteiger partial charge on any atom is 0.161 e. The molecule has 5 nitrogen and oxygen atoms in total. The molecule has 0 aliphatic carbocycles. The SMILES string of the molecule is CCOc1ccc(/C(C#N)=C\c2ccc(O)c(OC)c2)cc1OCC. The normalized spacial score (nSPS) is 10.9. The van der Waals surface area contributed by atoms with Crippen LogP contribution in [-0.4, -0.2) is 25.4 Å². The monoisotopic (exact) mass is 339 g/mol. The van der Waals surface area contributed by atoms with Gasteiger partial charge >= 0.3 is 0 Å². The Balaban J connectivity index is 2.43. The summed E-state index contributed by atoms with van der Waals surface area (Å²) in [7, 11) is 1.48. The lowest BCUT2D eigenvalue weighted by atomic mass is 10.0. The van der Waals surface area contributed by atoms with E-state index in [-0.39, 0.29) is 5.75 Å². The Morgan fingerprint density at radius 3 is 2.40 bits per heavy atom. The second-order valence-corrected chi connectivity index (χ2v) is 5.13. The van der Waals surface area contributed by atoms with Crippen molar-refractivity contribution >= 4 is 11.6 Å². The second-order valence-electron chi connectivity index (χ2n) is 5.13. The predicted octanol–water partition coefficient (Wildman–Crippen LogP) is 4.26. The van der Waals surface area contributed by atoms with Gasteiger partial charge in [0.05, 0.1) is 32.0 Å². The molecule has 0 fully saturated rings. The number of allylic oxidation sites excluding steroid dienone is 1. The lowest BCUT2D eigenvalue weighted by Gasteiger charge is -2.12. The zero-order chi connectivity index (χ0) is 18.2. The Hall–Kier alpha value is -3.13. The maximum absolute atomic E-state index is 9.68. The molecule has 0 aliphatic rings. The molecule has 25 heavy (non-hydrogen) atoms. The zero-order valence-electron chi connectivity index (χ0n) is 14.6. The zero-order valence-corrected chi connectivity index (χ0v) is 14.6. The molecule has 1 N–H and O–H groups in total. The van der Waals surface area contributed by atoms with Crippen molar-refractivity contribution in [3.05, 3.63) is 47.5 Å². The van der Waals surface area contributed by atoms with Gasteiger partial charge in [0.1, 0.15) is 0 Å². The van der Waals surface area contributed by atoms with E-state index >= 15 is 0 Å².